The fraction of sp³-hybridized carbons (Fsp3) is 0.632. The zero-order valence-corrected chi connectivity index (χ0v) is 19.0. The number of hydrogen-bond acceptors (Lipinski definition) is 4. The molecule has 0 saturated heterocycles. The van der Waals surface area contributed by atoms with Crippen LogP contribution in [0, 0.1) is 0 Å². The highest BCUT2D eigenvalue weighted by molar-refractivity contribution is 14.0. The molecule has 6 nitrogen and oxygen atoms in total. The van der Waals surface area contributed by atoms with Crippen LogP contribution in [0.2, 0.25) is 0 Å². The minimum absolute atomic E-state index is 0. The Balaban J connectivity index is 0.00000625. The van der Waals surface area contributed by atoms with Crippen LogP contribution in [-0.2, 0) is 6.54 Å². The number of rotatable bonds is 11. The lowest BCUT2D eigenvalue weighted by atomic mass is 10.1. The topological polar surface area (TPSA) is 64.1 Å². The second-order valence-electron chi connectivity index (χ2n) is 5.70. The largest absolute Gasteiger partial charge is 0.496 e. The van der Waals surface area contributed by atoms with E-state index in [2.05, 4.69) is 29.5 Å². The van der Waals surface area contributed by atoms with Gasteiger partial charge in [-0.1, -0.05) is 26.2 Å². The molecule has 0 atom stereocenters. The minimum atomic E-state index is 0. The van der Waals surface area contributed by atoms with Crippen LogP contribution in [0.15, 0.2) is 17.1 Å². The van der Waals surface area contributed by atoms with Gasteiger partial charge >= 0.3 is 0 Å². The van der Waals surface area contributed by atoms with Crippen LogP contribution in [0.1, 0.15) is 45.1 Å². The van der Waals surface area contributed by atoms with E-state index in [1.807, 2.05) is 12.1 Å². The third-order valence-electron chi connectivity index (χ3n) is 3.86. The van der Waals surface area contributed by atoms with E-state index in [4.69, 9.17) is 14.2 Å². The van der Waals surface area contributed by atoms with E-state index in [9.17, 15) is 0 Å². The van der Waals surface area contributed by atoms with Gasteiger partial charge < -0.3 is 24.8 Å². The molecule has 26 heavy (non-hydrogen) atoms. The van der Waals surface area contributed by atoms with E-state index in [0.717, 1.165) is 36.8 Å². The average molecular weight is 479 g/mol. The van der Waals surface area contributed by atoms with Crippen molar-refractivity contribution < 1.29 is 14.2 Å². The van der Waals surface area contributed by atoms with Crippen molar-refractivity contribution in [2.75, 3.05) is 34.4 Å². The molecule has 0 fully saturated rings. The van der Waals surface area contributed by atoms with Gasteiger partial charge in [0.1, 0.15) is 5.75 Å². The third kappa shape index (κ3) is 8.33. The SMILES string of the molecule is CCCCCCNC(=NCc1cc(OC)c(OC)cc1OC)NCC.I. The monoisotopic (exact) mass is 479 g/mol. The normalized spacial score (nSPS) is 10.7. The summed E-state index contributed by atoms with van der Waals surface area (Å²) >= 11 is 0. The number of halogens is 1. The predicted molar refractivity (Wildman–Crippen MR) is 118 cm³/mol. The molecule has 0 bridgehead atoms. The number of hydrogen-bond donors (Lipinski definition) is 2. The number of guanidine groups is 1. The second-order valence-corrected chi connectivity index (χ2v) is 5.70. The Labute approximate surface area is 175 Å². The fourth-order valence-corrected chi connectivity index (χ4v) is 2.48. The Morgan fingerprint density at radius 3 is 2.12 bits per heavy atom. The van der Waals surface area contributed by atoms with Crippen LogP contribution >= 0.6 is 24.0 Å². The zero-order valence-electron chi connectivity index (χ0n) is 16.7. The van der Waals surface area contributed by atoms with Crippen molar-refractivity contribution in [3.8, 4) is 17.2 Å². The summed E-state index contributed by atoms with van der Waals surface area (Å²) in [5.41, 5.74) is 0.948. The van der Waals surface area contributed by atoms with Crippen LogP contribution in [0.4, 0.5) is 0 Å². The van der Waals surface area contributed by atoms with Crippen molar-refractivity contribution in [1.82, 2.24) is 10.6 Å². The molecule has 0 heterocycles. The summed E-state index contributed by atoms with van der Waals surface area (Å²) < 4.78 is 16.1. The molecule has 7 heteroatoms. The first kappa shape index (κ1) is 24.6. The van der Waals surface area contributed by atoms with Crippen LogP contribution in [0.3, 0.4) is 0 Å². The molecule has 0 aliphatic carbocycles. The van der Waals surface area contributed by atoms with Crippen molar-refractivity contribution in [3.63, 3.8) is 0 Å². The highest BCUT2D eigenvalue weighted by Crippen LogP contribution is 2.34. The average Bonchev–Trinajstić information content (AvgIpc) is 2.64. The summed E-state index contributed by atoms with van der Waals surface area (Å²) in [5, 5.41) is 6.66. The lowest BCUT2D eigenvalue weighted by Gasteiger charge is -2.14. The number of methoxy groups -OCH3 is 3. The Kier molecular flexibility index (Phi) is 14.0. The molecule has 0 radical (unpaired) electrons. The van der Waals surface area contributed by atoms with Gasteiger partial charge in [0.2, 0.25) is 0 Å². The molecular weight excluding hydrogens is 445 g/mol. The molecular formula is C19H34IN3O3. The van der Waals surface area contributed by atoms with Gasteiger partial charge in [0.25, 0.3) is 0 Å². The molecule has 2 N–H and O–H groups in total. The molecule has 1 aromatic rings. The maximum absolute atomic E-state index is 5.46. The Morgan fingerprint density at radius 2 is 1.54 bits per heavy atom. The van der Waals surface area contributed by atoms with Gasteiger partial charge in [-0.3, -0.25) is 0 Å². The van der Waals surface area contributed by atoms with E-state index < -0.39 is 0 Å². The first-order valence-electron chi connectivity index (χ1n) is 9.01. The summed E-state index contributed by atoms with van der Waals surface area (Å²) in [5.74, 6) is 2.87. The number of aliphatic imine (C=N–C) groups is 1. The van der Waals surface area contributed by atoms with Crippen molar-refractivity contribution in [2.45, 2.75) is 46.1 Å². The predicted octanol–water partition coefficient (Wildman–Crippen LogP) is 3.97. The van der Waals surface area contributed by atoms with Crippen LogP contribution in [0.25, 0.3) is 0 Å². The standard InChI is InChI=1S/C19H33N3O3.HI/c1-6-8-9-10-11-21-19(20-7-2)22-14-15-12-17(24-4)18(25-5)13-16(15)23-3;/h12-13H,6-11,14H2,1-5H3,(H2,20,21,22);1H. The molecule has 1 aromatic carbocycles. The molecule has 0 unspecified atom stereocenters. The highest BCUT2D eigenvalue weighted by atomic mass is 127. The molecule has 0 spiro atoms. The summed E-state index contributed by atoms with van der Waals surface area (Å²) in [7, 11) is 4.88. The minimum Gasteiger partial charge on any atom is -0.496 e. The van der Waals surface area contributed by atoms with Gasteiger partial charge in [-0.05, 0) is 19.4 Å². The van der Waals surface area contributed by atoms with Gasteiger partial charge in [-0.15, -0.1) is 24.0 Å². The number of unbranched alkanes of at least 4 members (excludes halogenated alkanes) is 3. The Bertz CT molecular complexity index is 539. The van der Waals surface area contributed by atoms with Crippen molar-refractivity contribution in [1.29, 1.82) is 0 Å². The first-order valence-corrected chi connectivity index (χ1v) is 9.01. The van der Waals surface area contributed by atoms with E-state index in [-0.39, 0.29) is 24.0 Å². The van der Waals surface area contributed by atoms with Gasteiger partial charge in [0.15, 0.2) is 17.5 Å². The molecule has 1 rings (SSSR count). The zero-order chi connectivity index (χ0) is 18.5. The van der Waals surface area contributed by atoms with Crippen molar-refractivity contribution in [3.05, 3.63) is 17.7 Å². The van der Waals surface area contributed by atoms with E-state index in [1.54, 1.807) is 21.3 Å². The summed E-state index contributed by atoms with van der Waals surface area (Å²) in [6.07, 6.45) is 4.91. The Hall–Kier alpha value is -1.38. The number of ether oxygens (including phenoxy) is 3. The molecule has 0 aliphatic heterocycles. The van der Waals surface area contributed by atoms with Crippen LogP contribution in [-0.4, -0.2) is 40.4 Å². The van der Waals surface area contributed by atoms with Crippen molar-refractivity contribution >= 4 is 29.9 Å². The molecule has 150 valence electrons. The van der Waals surface area contributed by atoms with E-state index in [1.165, 1.54) is 19.3 Å². The van der Waals surface area contributed by atoms with Gasteiger partial charge in [0.05, 0.1) is 27.9 Å². The van der Waals surface area contributed by atoms with Crippen LogP contribution in [0.5, 0.6) is 17.2 Å². The number of nitrogens with one attached hydrogen (secondary N) is 2. The summed E-state index contributed by atoms with van der Waals surface area (Å²) in [4.78, 5) is 4.66. The maximum Gasteiger partial charge on any atom is 0.191 e. The Morgan fingerprint density at radius 1 is 0.885 bits per heavy atom. The molecule has 0 amide bonds. The molecule has 0 saturated carbocycles. The smallest absolute Gasteiger partial charge is 0.191 e. The first-order chi connectivity index (χ1) is 12.2. The summed E-state index contributed by atoms with van der Waals surface area (Å²) in [6, 6.07) is 3.74. The quantitative estimate of drug-likeness (QED) is 0.218. The fourth-order valence-electron chi connectivity index (χ4n) is 2.48. The van der Waals surface area contributed by atoms with Crippen LogP contribution < -0.4 is 24.8 Å². The number of benzene rings is 1. The third-order valence-corrected chi connectivity index (χ3v) is 3.86. The maximum atomic E-state index is 5.46. The van der Waals surface area contributed by atoms with E-state index >= 15 is 0 Å². The highest BCUT2D eigenvalue weighted by Gasteiger charge is 2.11. The summed E-state index contributed by atoms with van der Waals surface area (Å²) in [6.45, 7) is 6.52. The van der Waals surface area contributed by atoms with E-state index in [0.29, 0.717) is 18.0 Å². The molecule has 0 aliphatic rings. The van der Waals surface area contributed by atoms with Gasteiger partial charge in [-0.25, -0.2) is 4.99 Å². The van der Waals surface area contributed by atoms with Crippen molar-refractivity contribution in [2.24, 2.45) is 4.99 Å². The lowest BCUT2D eigenvalue weighted by molar-refractivity contribution is 0.347. The van der Waals surface area contributed by atoms with Gasteiger partial charge in [-0.2, -0.15) is 0 Å². The number of nitrogens with zero attached hydrogens (tertiary/aromatic N) is 1. The molecule has 0 aromatic heterocycles. The van der Waals surface area contributed by atoms with Gasteiger partial charge in [0, 0.05) is 24.7 Å². The lowest BCUT2D eigenvalue weighted by Crippen LogP contribution is -2.37. The second kappa shape index (κ2) is 14.8.